The van der Waals surface area contributed by atoms with Crippen molar-refractivity contribution in [1.82, 2.24) is 9.88 Å². The van der Waals surface area contributed by atoms with Gasteiger partial charge in [0.05, 0.1) is 5.56 Å². The van der Waals surface area contributed by atoms with Crippen LogP contribution in [0.4, 0.5) is 0 Å². The predicted molar refractivity (Wildman–Crippen MR) is 59.8 cm³/mol. The molecule has 1 aromatic heterocycles. The second-order valence-electron chi connectivity index (χ2n) is 4.51. The van der Waals surface area contributed by atoms with Gasteiger partial charge in [-0.05, 0) is 31.7 Å². The Morgan fingerprint density at radius 2 is 2.40 bits per heavy atom. The lowest BCUT2D eigenvalue weighted by molar-refractivity contribution is 0.0682. The number of nitrogens with zero attached hydrogens (tertiary/aromatic N) is 1. The summed E-state index contributed by atoms with van der Waals surface area (Å²) in [4.78, 5) is 17.2. The summed E-state index contributed by atoms with van der Waals surface area (Å²) in [5.74, 6) is 0.822. The van der Waals surface area contributed by atoms with Gasteiger partial charge in [-0.3, -0.25) is 4.79 Å². The van der Waals surface area contributed by atoms with E-state index in [0.717, 1.165) is 30.8 Å². The lowest BCUT2D eigenvalue weighted by Gasteiger charge is -2.30. The Hall–Kier alpha value is -1.25. The first-order chi connectivity index (χ1) is 7.18. The summed E-state index contributed by atoms with van der Waals surface area (Å²) in [6, 6.07) is 1.87. The Morgan fingerprint density at radius 1 is 1.60 bits per heavy atom. The highest BCUT2D eigenvalue weighted by Gasteiger charge is 2.23. The summed E-state index contributed by atoms with van der Waals surface area (Å²) in [5.41, 5.74) is 1.79. The van der Waals surface area contributed by atoms with E-state index in [4.69, 9.17) is 0 Å². The number of aryl methyl sites for hydroxylation is 1. The van der Waals surface area contributed by atoms with Crippen molar-refractivity contribution in [1.29, 1.82) is 0 Å². The Kier molecular flexibility index (Phi) is 2.80. The molecule has 1 aliphatic heterocycles. The molecule has 1 N–H and O–H groups in total. The first-order valence-corrected chi connectivity index (χ1v) is 5.61. The van der Waals surface area contributed by atoms with Crippen molar-refractivity contribution in [3.8, 4) is 0 Å². The third-order valence-electron chi connectivity index (χ3n) is 3.13. The normalized spacial score (nSPS) is 21.7. The highest BCUT2D eigenvalue weighted by atomic mass is 16.2. The SMILES string of the molecule is Cc1[nH]ccc1C(=O)N1CCCC(C)C1. The number of hydrogen-bond acceptors (Lipinski definition) is 1. The fraction of sp³-hybridized carbons (Fsp3) is 0.583. The number of rotatable bonds is 1. The Bertz CT molecular complexity index is 356. The molecule has 0 bridgehead atoms. The van der Waals surface area contributed by atoms with Crippen molar-refractivity contribution in [3.05, 3.63) is 23.5 Å². The van der Waals surface area contributed by atoms with E-state index in [0.29, 0.717) is 5.92 Å². The van der Waals surface area contributed by atoms with Gasteiger partial charge in [0.2, 0.25) is 0 Å². The number of likely N-dealkylation sites (tertiary alicyclic amines) is 1. The molecule has 2 rings (SSSR count). The van der Waals surface area contributed by atoms with Gasteiger partial charge >= 0.3 is 0 Å². The summed E-state index contributed by atoms with van der Waals surface area (Å²) in [7, 11) is 0. The average Bonchev–Trinajstić information content (AvgIpc) is 2.63. The molecule has 1 saturated heterocycles. The maximum absolute atomic E-state index is 12.1. The molecule has 0 spiro atoms. The van der Waals surface area contributed by atoms with Crippen LogP contribution in [0.3, 0.4) is 0 Å². The van der Waals surface area contributed by atoms with E-state index in [1.54, 1.807) is 0 Å². The van der Waals surface area contributed by atoms with Gasteiger partial charge in [-0.1, -0.05) is 6.92 Å². The van der Waals surface area contributed by atoms with E-state index in [9.17, 15) is 4.79 Å². The fourth-order valence-corrected chi connectivity index (χ4v) is 2.23. The third-order valence-corrected chi connectivity index (χ3v) is 3.13. The lowest BCUT2D eigenvalue weighted by atomic mass is 9.99. The van der Waals surface area contributed by atoms with Gasteiger partial charge in [-0.15, -0.1) is 0 Å². The molecule has 0 saturated carbocycles. The fourth-order valence-electron chi connectivity index (χ4n) is 2.23. The summed E-state index contributed by atoms with van der Waals surface area (Å²) in [5, 5.41) is 0. The number of hydrogen-bond donors (Lipinski definition) is 1. The zero-order valence-electron chi connectivity index (χ0n) is 9.42. The Morgan fingerprint density at radius 3 is 3.00 bits per heavy atom. The molecule has 1 unspecified atom stereocenters. The average molecular weight is 206 g/mol. The van der Waals surface area contributed by atoms with Gasteiger partial charge < -0.3 is 9.88 Å². The number of H-pyrrole nitrogens is 1. The summed E-state index contributed by atoms with van der Waals surface area (Å²) < 4.78 is 0. The molecular weight excluding hydrogens is 188 g/mol. The minimum Gasteiger partial charge on any atom is -0.365 e. The quantitative estimate of drug-likeness (QED) is 0.751. The van der Waals surface area contributed by atoms with Crippen molar-refractivity contribution < 1.29 is 4.79 Å². The Labute approximate surface area is 90.5 Å². The smallest absolute Gasteiger partial charge is 0.255 e. The van der Waals surface area contributed by atoms with Gasteiger partial charge in [-0.2, -0.15) is 0 Å². The maximum atomic E-state index is 12.1. The van der Waals surface area contributed by atoms with Crippen molar-refractivity contribution in [2.45, 2.75) is 26.7 Å². The van der Waals surface area contributed by atoms with E-state index >= 15 is 0 Å². The molecule has 1 aromatic rings. The van der Waals surface area contributed by atoms with Crippen LogP contribution in [0.2, 0.25) is 0 Å². The summed E-state index contributed by atoms with van der Waals surface area (Å²) in [6.07, 6.45) is 4.21. The second-order valence-corrected chi connectivity index (χ2v) is 4.51. The van der Waals surface area contributed by atoms with E-state index in [1.165, 1.54) is 6.42 Å². The van der Waals surface area contributed by atoms with Crippen molar-refractivity contribution in [3.63, 3.8) is 0 Å². The molecule has 0 radical (unpaired) electrons. The Balaban J connectivity index is 2.11. The monoisotopic (exact) mass is 206 g/mol. The first-order valence-electron chi connectivity index (χ1n) is 5.61. The molecule has 2 heterocycles. The second kappa shape index (κ2) is 4.09. The molecule has 3 nitrogen and oxygen atoms in total. The van der Waals surface area contributed by atoms with Gasteiger partial charge in [0.1, 0.15) is 0 Å². The van der Waals surface area contributed by atoms with E-state index in [-0.39, 0.29) is 5.91 Å². The summed E-state index contributed by atoms with van der Waals surface area (Å²) >= 11 is 0. The van der Waals surface area contributed by atoms with Crippen LogP contribution in [0.25, 0.3) is 0 Å². The number of nitrogens with one attached hydrogen (secondary N) is 1. The number of piperidine rings is 1. The predicted octanol–water partition coefficient (Wildman–Crippen LogP) is 2.20. The molecule has 1 atom stereocenters. The van der Waals surface area contributed by atoms with Crippen LogP contribution in [0.5, 0.6) is 0 Å². The van der Waals surface area contributed by atoms with Crippen LogP contribution >= 0.6 is 0 Å². The minimum absolute atomic E-state index is 0.181. The maximum Gasteiger partial charge on any atom is 0.255 e. The van der Waals surface area contributed by atoms with E-state index in [1.807, 2.05) is 24.1 Å². The molecule has 82 valence electrons. The molecule has 0 aromatic carbocycles. The number of carbonyl (C=O) groups excluding carboxylic acids is 1. The van der Waals surface area contributed by atoms with Crippen LogP contribution in [-0.2, 0) is 0 Å². The zero-order chi connectivity index (χ0) is 10.8. The van der Waals surface area contributed by atoms with Crippen molar-refractivity contribution >= 4 is 5.91 Å². The number of amides is 1. The molecular formula is C12H18N2O. The summed E-state index contributed by atoms with van der Waals surface area (Å²) in [6.45, 7) is 5.97. The molecule has 3 heteroatoms. The van der Waals surface area contributed by atoms with E-state index < -0.39 is 0 Å². The first kappa shape index (κ1) is 10.3. The van der Waals surface area contributed by atoms with Crippen LogP contribution in [0.15, 0.2) is 12.3 Å². The van der Waals surface area contributed by atoms with E-state index in [2.05, 4.69) is 11.9 Å². The van der Waals surface area contributed by atoms with Crippen LogP contribution in [-0.4, -0.2) is 28.9 Å². The van der Waals surface area contributed by atoms with Gasteiger partial charge in [0, 0.05) is 25.0 Å². The zero-order valence-corrected chi connectivity index (χ0v) is 9.42. The topological polar surface area (TPSA) is 36.1 Å². The minimum atomic E-state index is 0.181. The van der Waals surface area contributed by atoms with Crippen LogP contribution in [0, 0.1) is 12.8 Å². The number of aromatic amines is 1. The third kappa shape index (κ3) is 2.06. The molecule has 0 aliphatic carbocycles. The molecule has 1 aliphatic rings. The largest absolute Gasteiger partial charge is 0.365 e. The number of aromatic nitrogens is 1. The molecule has 1 fully saturated rings. The van der Waals surface area contributed by atoms with Gasteiger partial charge in [0.15, 0.2) is 0 Å². The van der Waals surface area contributed by atoms with Crippen molar-refractivity contribution in [2.24, 2.45) is 5.92 Å². The van der Waals surface area contributed by atoms with Gasteiger partial charge in [0.25, 0.3) is 5.91 Å². The van der Waals surface area contributed by atoms with Crippen molar-refractivity contribution in [2.75, 3.05) is 13.1 Å². The number of carbonyl (C=O) groups is 1. The van der Waals surface area contributed by atoms with Crippen LogP contribution in [0.1, 0.15) is 35.8 Å². The highest BCUT2D eigenvalue weighted by Crippen LogP contribution is 2.18. The highest BCUT2D eigenvalue weighted by molar-refractivity contribution is 5.95. The van der Waals surface area contributed by atoms with Gasteiger partial charge in [-0.25, -0.2) is 0 Å². The molecule has 1 amide bonds. The molecule has 15 heavy (non-hydrogen) atoms. The van der Waals surface area contributed by atoms with Crippen LogP contribution < -0.4 is 0 Å². The lowest BCUT2D eigenvalue weighted by Crippen LogP contribution is -2.39. The standard InChI is InChI=1S/C12H18N2O/c1-9-4-3-7-14(8-9)12(15)11-5-6-13-10(11)2/h5-6,9,13H,3-4,7-8H2,1-2H3.